The van der Waals surface area contributed by atoms with Gasteiger partial charge in [-0.1, -0.05) is 13.3 Å². The molecule has 1 saturated heterocycles. The first kappa shape index (κ1) is 12.4. The predicted octanol–water partition coefficient (Wildman–Crippen LogP) is 1.92. The van der Waals surface area contributed by atoms with Crippen LogP contribution in [-0.2, 0) is 7.05 Å². The van der Waals surface area contributed by atoms with Crippen LogP contribution in [-0.4, -0.2) is 29.4 Å². The fourth-order valence-electron chi connectivity index (χ4n) is 2.70. The molecule has 0 radical (unpaired) electrons. The average Bonchev–Trinajstić information content (AvgIpc) is 2.86. The number of aryl methyl sites for hydroxylation is 2. The van der Waals surface area contributed by atoms with E-state index in [1.165, 1.54) is 25.0 Å². The van der Waals surface area contributed by atoms with E-state index < -0.39 is 0 Å². The molecule has 0 amide bonds. The van der Waals surface area contributed by atoms with Crippen molar-refractivity contribution in [3.05, 3.63) is 11.8 Å². The highest BCUT2D eigenvalue weighted by Crippen LogP contribution is 2.31. The second-order valence-electron chi connectivity index (χ2n) is 5.32. The molecule has 1 atom stereocenters. The van der Waals surface area contributed by atoms with Crippen molar-refractivity contribution in [1.29, 1.82) is 0 Å². The fourth-order valence-corrected chi connectivity index (χ4v) is 2.70. The number of aromatic nitrogens is 2. The summed E-state index contributed by atoms with van der Waals surface area (Å²) in [5.74, 6) is 1.01. The predicted molar refractivity (Wildman–Crippen MR) is 71.3 cm³/mol. The Bertz CT molecular complexity index is 344. The molecular formula is C13H24N4. The molecule has 0 spiro atoms. The van der Waals surface area contributed by atoms with Gasteiger partial charge in [0.25, 0.3) is 0 Å². The largest absolute Gasteiger partial charge is 0.368 e. The van der Waals surface area contributed by atoms with E-state index in [0.717, 1.165) is 25.5 Å². The van der Waals surface area contributed by atoms with Gasteiger partial charge in [-0.25, -0.2) is 0 Å². The van der Waals surface area contributed by atoms with Crippen molar-refractivity contribution in [2.45, 2.75) is 33.1 Å². The monoisotopic (exact) mass is 236 g/mol. The molecule has 1 fully saturated rings. The highest BCUT2D eigenvalue weighted by molar-refractivity contribution is 5.35. The van der Waals surface area contributed by atoms with Crippen LogP contribution in [0.5, 0.6) is 0 Å². The minimum absolute atomic E-state index is 0.431. The smallest absolute Gasteiger partial charge is 0.148 e. The molecule has 0 aliphatic carbocycles. The number of nitrogens with one attached hydrogen (secondary N) is 2. The van der Waals surface area contributed by atoms with Gasteiger partial charge >= 0.3 is 0 Å². The molecule has 0 aromatic carbocycles. The molecule has 2 rings (SSSR count). The number of anilines is 1. The zero-order valence-electron chi connectivity index (χ0n) is 11.2. The lowest BCUT2D eigenvalue weighted by molar-refractivity contribution is 0.314. The Morgan fingerprint density at radius 1 is 1.59 bits per heavy atom. The summed E-state index contributed by atoms with van der Waals surface area (Å²) in [4.78, 5) is 0. The molecule has 1 aromatic rings. The standard InChI is InChI=1S/C13H24N4/c1-4-5-13(6-7-14-9-13)10-15-12-8-11(2)17(3)16-12/h8,14H,4-7,9-10H2,1-3H3,(H,15,16). The van der Waals surface area contributed by atoms with Crippen molar-refractivity contribution in [3.63, 3.8) is 0 Å². The number of rotatable bonds is 5. The molecular weight excluding hydrogens is 212 g/mol. The Labute approximate surface area is 104 Å². The van der Waals surface area contributed by atoms with Crippen LogP contribution >= 0.6 is 0 Å². The third-order valence-corrected chi connectivity index (χ3v) is 3.87. The van der Waals surface area contributed by atoms with Crippen LogP contribution in [0.2, 0.25) is 0 Å². The van der Waals surface area contributed by atoms with Crippen molar-refractivity contribution in [3.8, 4) is 0 Å². The molecule has 17 heavy (non-hydrogen) atoms. The van der Waals surface area contributed by atoms with Gasteiger partial charge in [0.1, 0.15) is 5.82 Å². The topological polar surface area (TPSA) is 41.9 Å². The average molecular weight is 236 g/mol. The molecule has 1 aliphatic rings. The second-order valence-corrected chi connectivity index (χ2v) is 5.32. The normalized spacial score (nSPS) is 24.2. The summed E-state index contributed by atoms with van der Waals surface area (Å²) in [5, 5.41) is 11.4. The lowest BCUT2D eigenvalue weighted by Gasteiger charge is -2.28. The van der Waals surface area contributed by atoms with Crippen molar-refractivity contribution in [2.24, 2.45) is 12.5 Å². The van der Waals surface area contributed by atoms with Crippen LogP contribution < -0.4 is 10.6 Å². The Kier molecular flexibility index (Phi) is 3.72. The van der Waals surface area contributed by atoms with E-state index in [4.69, 9.17) is 0 Å². The third-order valence-electron chi connectivity index (χ3n) is 3.87. The zero-order valence-corrected chi connectivity index (χ0v) is 11.2. The first-order valence-electron chi connectivity index (χ1n) is 6.60. The number of hydrogen-bond acceptors (Lipinski definition) is 3. The summed E-state index contributed by atoms with van der Waals surface area (Å²) < 4.78 is 1.92. The molecule has 2 heterocycles. The van der Waals surface area contributed by atoms with Crippen LogP contribution in [0, 0.1) is 12.3 Å². The van der Waals surface area contributed by atoms with E-state index in [0.29, 0.717) is 5.41 Å². The minimum atomic E-state index is 0.431. The Morgan fingerprint density at radius 2 is 2.41 bits per heavy atom. The summed E-state index contributed by atoms with van der Waals surface area (Å²) in [5.41, 5.74) is 1.63. The van der Waals surface area contributed by atoms with Crippen molar-refractivity contribution in [2.75, 3.05) is 25.0 Å². The van der Waals surface area contributed by atoms with Crippen LogP contribution in [0.15, 0.2) is 6.07 Å². The summed E-state index contributed by atoms with van der Waals surface area (Å²) in [6.45, 7) is 7.68. The van der Waals surface area contributed by atoms with Gasteiger partial charge in [-0.05, 0) is 26.3 Å². The molecule has 2 N–H and O–H groups in total. The van der Waals surface area contributed by atoms with Gasteiger partial charge in [-0.2, -0.15) is 5.10 Å². The lowest BCUT2D eigenvalue weighted by atomic mass is 9.82. The van der Waals surface area contributed by atoms with Crippen molar-refractivity contribution in [1.82, 2.24) is 15.1 Å². The van der Waals surface area contributed by atoms with Crippen LogP contribution in [0.25, 0.3) is 0 Å². The summed E-state index contributed by atoms with van der Waals surface area (Å²) in [6.07, 6.45) is 3.82. The van der Waals surface area contributed by atoms with Gasteiger partial charge in [-0.3, -0.25) is 4.68 Å². The highest BCUT2D eigenvalue weighted by atomic mass is 15.3. The van der Waals surface area contributed by atoms with Crippen molar-refractivity contribution >= 4 is 5.82 Å². The van der Waals surface area contributed by atoms with E-state index in [1.807, 2.05) is 11.7 Å². The van der Waals surface area contributed by atoms with Crippen LogP contribution in [0.3, 0.4) is 0 Å². The summed E-state index contributed by atoms with van der Waals surface area (Å²) in [6, 6.07) is 2.11. The zero-order chi connectivity index (χ0) is 12.3. The molecule has 0 bridgehead atoms. The highest BCUT2D eigenvalue weighted by Gasteiger charge is 2.32. The van der Waals surface area contributed by atoms with Crippen LogP contribution in [0.4, 0.5) is 5.82 Å². The van der Waals surface area contributed by atoms with E-state index in [-0.39, 0.29) is 0 Å². The molecule has 0 saturated carbocycles. The van der Waals surface area contributed by atoms with Gasteiger partial charge < -0.3 is 10.6 Å². The van der Waals surface area contributed by atoms with E-state index in [1.54, 1.807) is 0 Å². The quantitative estimate of drug-likeness (QED) is 0.821. The molecule has 4 nitrogen and oxygen atoms in total. The molecule has 1 unspecified atom stereocenters. The molecule has 1 aromatic heterocycles. The Hall–Kier alpha value is -1.03. The first-order valence-corrected chi connectivity index (χ1v) is 6.60. The fraction of sp³-hybridized carbons (Fsp3) is 0.769. The molecule has 96 valence electrons. The Balaban J connectivity index is 1.95. The molecule has 1 aliphatic heterocycles. The number of nitrogens with zero attached hydrogens (tertiary/aromatic N) is 2. The van der Waals surface area contributed by atoms with E-state index >= 15 is 0 Å². The van der Waals surface area contributed by atoms with Crippen LogP contribution in [0.1, 0.15) is 31.9 Å². The maximum Gasteiger partial charge on any atom is 0.148 e. The van der Waals surface area contributed by atoms with Crippen molar-refractivity contribution < 1.29 is 0 Å². The maximum absolute atomic E-state index is 4.45. The lowest BCUT2D eigenvalue weighted by Crippen LogP contribution is -2.32. The van der Waals surface area contributed by atoms with E-state index in [9.17, 15) is 0 Å². The second kappa shape index (κ2) is 5.08. The van der Waals surface area contributed by atoms with Gasteiger partial charge in [0.05, 0.1) is 0 Å². The first-order chi connectivity index (χ1) is 8.15. The van der Waals surface area contributed by atoms with Gasteiger partial charge in [0.2, 0.25) is 0 Å². The van der Waals surface area contributed by atoms with Gasteiger partial charge in [0.15, 0.2) is 0 Å². The SMILES string of the molecule is CCCC1(CNc2cc(C)n(C)n2)CCNC1. The summed E-state index contributed by atoms with van der Waals surface area (Å²) in [7, 11) is 1.99. The minimum Gasteiger partial charge on any atom is -0.368 e. The Morgan fingerprint density at radius 3 is 2.94 bits per heavy atom. The van der Waals surface area contributed by atoms with Gasteiger partial charge in [-0.15, -0.1) is 0 Å². The van der Waals surface area contributed by atoms with Gasteiger partial charge in [0, 0.05) is 37.3 Å². The molecule has 4 heteroatoms. The maximum atomic E-state index is 4.45. The third kappa shape index (κ3) is 2.80. The summed E-state index contributed by atoms with van der Waals surface area (Å²) >= 11 is 0. The number of hydrogen-bond donors (Lipinski definition) is 2. The van der Waals surface area contributed by atoms with E-state index in [2.05, 4.69) is 35.6 Å².